The van der Waals surface area contributed by atoms with E-state index >= 15 is 0 Å². The molecule has 0 spiro atoms. The second-order valence-corrected chi connectivity index (χ2v) is 7.66. The summed E-state index contributed by atoms with van der Waals surface area (Å²) < 4.78 is 14.5. The van der Waals surface area contributed by atoms with Gasteiger partial charge in [0.05, 0.1) is 12.1 Å². The first-order chi connectivity index (χ1) is 12.1. The van der Waals surface area contributed by atoms with Gasteiger partial charge in [0.1, 0.15) is 10.2 Å². The molecule has 2 aromatic carbocycles. The number of aryl methyl sites for hydroxylation is 1. The highest BCUT2D eigenvalue weighted by atomic mass is 32.2. The molecule has 0 bridgehead atoms. The van der Waals surface area contributed by atoms with E-state index in [9.17, 15) is 9.18 Å². The van der Waals surface area contributed by atoms with Gasteiger partial charge in [-0.05, 0) is 36.2 Å². The molecule has 1 heterocycles. The molecule has 0 saturated heterocycles. The van der Waals surface area contributed by atoms with Gasteiger partial charge in [0.2, 0.25) is 5.91 Å². The minimum absolute atomic E-state index is 0.0958. The number of benzene rings is 2. The summed E-state index contributed by atoms with van der Waals surface area (Å²) in [7, 11) is 0. The van der Waals surface area contributed by atoms with Crippen LogP contribution < -0.4 is 5.32 Å². The third-order valence-corrected chi connectivity index (χ3v) is 5.60. The van der Waals surface area contributed by atoms with Gasteiger partial charge in [0.15, 0.2) is 0 Å². The van der Waals surface area contributed by atoms with E-state index in [2.05, 4.69) is 10.3 Å². The van der Waals surface area contributed by atoms with Crippen LogP contribution in [-0.2, 0) is 17.0 Å². The van der Waals surface area contributed by atoms with Crippen LogP contribution in [-0.4, -0.2) is 10.9 Å². The molecule has 1 amide bonds. The zero-order valence-corrected chi connectivity index (χ0v) is 15.3. The van der Waals surface area contributed by atoms with Gasteiger partial charge < -0.3 is 5.32 Å². The zero-order chi connectivity index (χ0) is 17.6. The number of thioether (sulfide) groups is 1. The SMILES string of the molecule is Cc1cccc(NC(=O)Cc2csc(SCc3ccccc3F)n2)c1. The lowest BCUT2D eigenvalue weighted by molar-refractivity contribution is -0.115. The number of carbonyl (C=O) groups excluding carboxylic acids is 1. The summed E-state index contributed by atoms with van der Waals surface area (Å²) in [4.78, 5) is 16.6. The molecule has 3 nitrogen and oxygen atoms in total. The maximum atomic E-state index is 13.6. The van der Waals surface area contributed by atoms with Crippen LogP contribution in [0.25, 0.3) is 0 Å². The van der Waals surface area contributed by atoms with Crippen LogP contribution in [0.3, 0.4) is 0 Å². The normalized spacial score (nSPS) is 10.6. The van der Waals surface area contributed by atoms with Gasteiger partial charge in [-0.2, -0.15) is 0 Å². The lowest BCUT2D eigenvalue weighted by Gasteiger charge is -2.04. The van der Waals surface area contributed by atoms with Crippen LogP contribution >= 0.6 is 23.1 Å². The van der Waals surface area contributed by atoms with Crippen LogP contribution in [0.1, 0.15) is 16.8 Å². The second-order valence-electron chi connectivity index (χ2n) is 5.58. The summed E-state index contributed by atoms with van der Waals surface area (Å²) in [6.07, 6.45) is 0.227. The number of aromatic nitrogens is 1. The minimum atomic E-state index is -0.204. The molecular weight excluding hydrogens is 355 g/mol. The number of hydrogen-bond donors (Lipinski definition) is 1. The molecule has 0 aliphatic heterocycles. The highest BCUT2D eigenvalue weighted by Crippen LogP contribution is 2.27. The molecule has 3 aromatic rings. The van der Waals surface area contributed by atoms with Crippen molar-refractivity contribution in [3.8, 4) is 0 Å². The fourth-order valence-electron chi connectivity index (χ4n) is 2.28. The van der Waals surface area contributed by atoms with E-state index in [-0.39, 0.29) is 18.1 Å². The Kier molecular flexibility index (Phi) is 5.83. The quantitative estimate of drug-likeness (QED) is 0.615. The van der Waals surface area contributed by atoms with Gasteiger partial charge in [-0.25, -0.2) is 9.37 Å². The molecule has 0 aliphatic carbocycles. The molecule has 3 rings (SSSR count). The highest BCUT2D eigenvalue weighted by Gasteiger charge is 2.10. The Morgan fingerprint density at radius 3 is 2.88 bits per heavy atom. The number of amides is 1. The van der Waals surface area contributed by atoms with Crippen LogP contribution in [0.15, 0.2) is 58.3 Å². The Morgan fingerprint density at radius 2 is 2.08 bits per heavy atom. The van der Waals surface area contributed by atoms with Crippen molar-refractivity contribution in [3.05, 3.63) is 76.5 Å². The average Bonchev–Trinajstić information content (AvgIpc) is 3.01. The van der Waals surface area contributed by atoms with Crippen molar-refractivity contribution in [2.45, 2.75) is 23.4 Å². The maximum Gasteiger partial charge on any atom is 0.230 e. The van der Waals surface area contributed by atoms with Crippen molar-refractivity contribution in [3.63, 3.8) is 0 Å². The molecule has 0 radical (unpaired) electrons. The molecule has 0 aliphatic rings. The van der Waals surface area contributed by atoms with Gasteiger partial charge in [-0.3, -0.25) is 4.79 Å². The lowest BCUT2D eigenvalue weighted by Crippen LogP contribution is -2.14. The third kappa shape index (κ3) is 5.14. The van der Waals surface area contributed by atoms with Gasteiger partial charge >= 0.3 is 0 Å². The van der Waals surface area contributed by atoms with Gasteiger partial charge in [-0.1, -0.05) is 42.1 Å². The summed E-state index contributed by atoms with van der Waals surface area (Å²) in [5, 5.41) is 4.75. The first-order valence-electron chi connectivity index (χ1n) is 7.77. The fourth-order valence-corrected chi connectivity index (χ4v) is 4.11. The zero-order valence-electron chi connectivity index (χ0n) is 13.7. The summed E-state index contributed by atoms with van der Waals surface area (Å²) in [6.45, 7) is 1.98. The first kappa shape index (κ1) is 17.6. The third-order valence-electron chi connectivity index (χ3n) is 3.48. The van der Waals surface area contributed by atoms with Crippen molar-refractivity contribution in [1.82, 2.24) is 4.98 Å². The number of thiazole rings is 1. The van der Waals surface area contributed by atoms with E-state index < -0.39 is 0 Å². The standard InChI is InChI=1S/C19H17FN2OS2/c1-13-5-4-7-15(9-13)21-18(23)10-16-12-25-19(22-16)24-11-14-6-2-3-8-17(14)20/h2-9,12H,10-11H2,1H3,(H,21,23). The molecule has 0 atom stereocenters. The van der Waals surface area contributed by atoms with Crippen molar-refractivity contribution in [2.75, 3.05) is 5.32 Å². The van der Waals surface area contributed by atoms with Crippen molar-refractivity contribution < 1.29 is 9.18 Å². The number of nitrogens with one attached hydrogen (secondary N) is 1. The fraction of sp³-hybridized carbons (Fsp3) is 0.158. The largest absolute Gasteiger partial charge is 0.326 e. The number of carbonyl (C=O) groups is 1. The van der Waals surface area contributed by atoms with Crippen LogP contribution in [0.2, 0.25) is 0 Å². The van der Waals surface area contributed by atoms with E-state index in [0.717, 1.165) is 21.3 Å². The molecule has 0 unspecified atom stereocenters. The Morgan fingerprint density at radius 1 is 1.24 bits per heavy atom. The Bertz CT molecular complexity index is 879. The van der Waals surface area contributed by atoms with Crippen LogP contribution in [0.5, 0.6) is 0 Å². The molecular formula is C19H17FN2OS2. The molecule has 1 N–H and O–H groups in total. The molecule has 1 aromatic heterocycles. The Balaban J connectivity index is 1.54. The monoisotopic (exact) mass is 372 g/mol. The Hall–Kier alpha value is -2.18. The van der Waals surface area contributed by atoms with Crippen LogP contribution in [0, 0.1) is 12.7 Å². The first-order valence-corrected chi connectivity index (χ1v) is 9.64. The number of hydrogen-bond acceptors (Lipinski definition) is 4. The van der Waals surface area contributed by atoms with Gasteiger partial charge in [0, 0.05) is 16.8 Å². The van der Waals surface area contributed by atoms with E-state index in [1.54, 1.807) is 12.1 Å². The minimum Gasteiger partial charge on any atom is -0.326 e. The molecule has 0 saturated carbocycles. The van der Waals surface area contributed by atoms with Gasteiger partial charge in [-0.15, -0.1) is 11.3 Å². The van der Waals surface area contributed by atoms with E-state index in [0.29, 0.717) is 11.3 Å². The van der Waals surface area contributed by atoms with E-state index in [1.807, 2.05) is 42.6 Å². The summed E-state index contributed by atoms with van der Waals surface area (Å²) >= 11 is 2.95. The lowest BCUT2D eigenvalue weighted by atomic mass is 10.2. The Labute approximate surface area is 154 Å². The molecule has 25 heavy (non-hydrogen) atoms. The maximum absolute atomic E-state index is 13.6. The van der Waals surface area contributed by atoms with Crippen LogP contribution in [0.4, 0.5) is 10.1 Å². The summed E-state index contributed by atoms with van der Waals surface area (Å²) in [6, 6.07) is 14.4. The predicted octanol–water partition coefficient (Wildman–Crippen LogP) is 5.06. The number of rotatable bonds is 6. The van der Waals surface area contributed by atoms with E-state index in [1.165, 1.54) is 29.2 Å². The highest BCUT2D eigenvalue weighted by molar-refractivity contribution is 8.00. The van der Waals surface area contributed by atoms with E-state index in [4.69, 9.17) is 0 Å². The molecule has 0 fully saturated rings. The van der Waals surface area contributed by atoms with Crippen molar-refractivity contribution in [2.24, 2.45) is 0 Å². The topological polar surface area (TPSA) is 42.0 Å². The number of nitrogens with zero attached hydrogens (tertiary/aromatic N) is 1. The smallest absolute Gasteiger partial charge is 0.230 e. The van der Waals surface area contributed by atoms with Crippen molar-refractivity contribution in [1.29, 1.82) is 0 Å². The molecule has 6 heteroatoms. The van der Waals surface area contributed by atoms with Crippen molar-refractivity contribution >= 4 is 34.7 Å². The van der Waals surface area contributed by atoms with Gasteiger partial charge in [0.25, 0.3) is 0 Å². The number of halogens is 1. The summed E-state index contributed by atoms with van der Waals surface area (Å²) in [5.41, 5.74) is 3.26. The second kappa shape index (κ2) is 8.27. The average molecular weight is 372 g/mol. The summed E-state index contributed by atoms with van der Waals surface area (Å²) in [5.74, 6) is 0.223. The number of anilines is 1. The predicted molar refractivity (Wildman–Crippen MR) is 102 cm³/mol. The molecule has 128 valence electrons.